The minimum Gasteiger partial charge on any atom is -0.390 e. The van der Waals surface area contributed by atoms with Crippen LogP contribution in [-0.4, -0.2) is 32.8 Å². The second-order valence-electron chi connectivity index (χ2n) is 3.45. The topological polar surface area (TPSA) is 145 Å². The first kappa shape index (κ1) is 13.8. The highest BCUT2D eigenvalue weighted by atomic mass is 16.6. The second kappa shape index (κ2) is 6.50. The third-order valence-electron chi connectivity index (χ3n) is 2.24. The maximum Gasteiger partial charge on any atom is 0.287 e. The van der Waals surface area contributed by atoms with Crippen molar-refractivity contribution in [3.8, 4) is 0 Å². The summed E-state index contributed by atoms with van der Waals surface area (Å²) in [5.41, 5.74) is 7.98. The van der Waals surface area contributed by atoms with Crippen molar-refractivity contribution >= 4 is 5.69 Å². The molecule has 0 bridgehead atoms. The minimum atomic E-state index is -1.28. The molecular formula is C9H11N5O4. The molecule has 1 rings (SSSR count). The molecule has 1 aromatic rings. The van der Waals surface area contributed by atoms with Gasteiger partial charge in [-0.1, -0.05) is 5.11 Å². The molecule has 0 radical (unpaired) electrons. The van der Waals surface area contributed by atoms with Crippen LogP contribution in [-0.2, 0) is 0 Å². The number of pyridine rings is 1. The first-order valence-corrected chi connectivity index (χ1v) is 5.03. The Kier molecular flexibility index (Phi) is 5.00. The summed E-state index contributed by atoms with van der Waals surface area (Å²) in [6.45, 7) is 0.0434. The molecule has 0 aliphatic rings. The molecule has 2 unspecified atom stereocenters. The fraction of sp³-hybridized carbons (Fsp3) is 0.444. The molecule has 18 heavy (non-hydrogen) atoms. The Morgan fingerprint density at radius 1 is 1.56 bits per heavy atom. The lowest BCUT2D eigenvalue weighted by molar-refractivity contribution is -0.385. The molecule has 96 valence electrons. The molecule has 1 heterocycles. The molecule has 0 saturated carbocycles. The molecule has 0 saturated heterocycles. The number of nitrogens with zero attached hydrogens (tertiary/aromatic N) is 5. The van der Waals surface area contributed by atoms with Crippen molar-refractivity contribution in [3.63, 3.8) is 0 Å². The van der Waals surface area contributed by atoms with E-state index in [0.717, 1.165) is 6.20 Å². The Morgan fingerprint density at radius 2 is 2.28 bits per heavy atom. The molecule has 0 aliphatic heterocycles. The Morgan fingerprint density at radius 3 is 2.78 bits per heavy atom. The fourth-order valence-corrected chi connectivity index (χ4v) is 1.27. The number of aromatic nitrogens is 1. The average Bonchev–Trinajstić information content (AvgIpc) is 2.38. The van der Waals surface area contributed by atoms with Gasteiger partial charge >= 0.3 is 0 Å². The number of aliphatic hydroxyl groups excluding tert-OH is 2. The quantitative estimate of drug-likeness (QED) is 0.256. The first-order chi connectivity index (χ1) is 8.56. The lowest BCUT2D eigenvalue weighted by atomic mass is 10.1. The predicted octanol–water partition coefficient (Wildman–Crippen LogP) is 1.08. The highest BCUT2D eigenvalue weighted by Crippen LogP contribution is 2.19. The minimum absolute atomic E-state index is 0.0434. The summed E-state index contributed by atoms with van der Waals surface area (Å²) in [4.78, 5) is 16.0. The summed E-state index contributed by atoms with van der Waals surface area (Å²) in [6.07, 6.45) is -1.35. The van der Waals surface area contributed by atoms with Crippen molar-refractivity contribution in [3.05, 3.63) is 44.6 Å². The number of hydrogen-bond donors (Lipinski definition) is 2. The standard InChI is InChI=1S/C9H11N5O4/c10-13-12-4-3-8(15)9(16)7-2-1-6(5-11-7)14(17)18/h1-2,5,8-9,15-16H,3-4H2. The van der Waals surface area contributed by atoms with E-state index in [4.69, 9.17) is 5.53 Å². The van der Waals surface area contributed by atoms with Gasteiger partial charge < -0.3 is 10.2 Å². The van der Waals surface area contributed by atoms with Crippen LogP contribution in [0.2, 0.25) is 0 Å². The van der Waals surface area contributed by atoms with Gasteiger partial charge in [-0.05, 0) is 18.0 Å². The van der Waals surface area contributed by atoms with Crippen LogP contribution in [0, 0.1) is 10.1 Å². The van der Waals surface area contributed by atoms with Crippen LogP contribution in [0.4, 0.5) is 5.69 Å². The summed E-state index contributed by atoms with van der Waals surface area (Å²) in [7, 11) is 0. The molecule has 0 aromatic carbocycles. The van der Waals surface area contributed by atoms with E-state index in [1.165, 1.54) is 12.1 Å². The maximum atomic E-state index is 10.4. The van der Waals surface area contributed by atoms with Crippen molar-refractivity contribution in [2.24, 2.45) is 5.11 Å². The van der Waals surface area contributed by atoms with E-state index in [0.29, 0.717) is 0 Å². The summed E-state index contributed by atoms with van der Waals surface area (Å²) in [6, 6.07) is 2.45. The second-order valence-corrected chi connectivity index (χ2v) is 3.45. The van der Waals surface area contributed by atoms with Crippen LogP contribution >= 0.6 is 0 Å². The predicted molar refractivity (Wildman–Crippen MR) is 60.5 cm³/mol. The van der Waals surface area contributed by atoms with E-state index in [1.54, 1.807) is 0 Å². The Hall–Kier alpha value is -2.22. The van der Waals surface area contributed by atoms with Gasteiger partial charge in [0, 0.05) is 17.5 Å². The van der Waals surface area contributed by atoms with Crippen LogP contribution in [0.1, 0.15) is 18.2 Å². The van der Waals surface area contributed by atoms with Crippen LogP contribution < -0.4 is 0 Å². The maximum absolute atomic E-state index is 10.4. The van der Waals surface area contributed by atoms with Gasteiger partial charge in [-0.15, -0.1) is 0 Å². The van der Waals surface area contributed by atoms with Crippen molar-refractivity contribution in [2.75, 3.05) is 6.54 Å². The van der Waals surface area contributed by atoms with Crippen molar-refractivity contribution < 1.29 is 15.1 Å². The SMILES string of the molecule is [N-]=[N+]=NCCC(O)C(O)c1ccc([N+](=O)[O-])cn1. The molecule has 0 aliphatic carbocycles. The Bertz CT molecular complexity index is 457. The van der Waals surface area contributed by atoms with Gasteiger partial charge in [0.25, 0.3) is 5.69 Å². The van der Waals surface area contributed by atoms with Crippen molar-refractivity contribution in [2.45, 2.75) is 18.6 Å². The van der Waals surface area contributed by atoms with Gasteiger partial charge in [0.2, 0.25) is 0 Å². The molecule has 9 heteroatoms. The fourth-order valence-electron chi connectivity index (χ4n) is 1.27. The summed E-state index contributed by atoms with van der Waals surface area (Å²) < 4.78 is 0. The number of hydrogen-bond acceptors (Lipinski definition) is 6. The van der Waals surface area contributed by atoms with Crippen LogP contribution in [0.3, 0.4) is 0 Å². The number of azide groups is 1. The molecule has 0 spiro atoms. The normalized spacial score (nSPS) is 13.4. The summed E-state index contributed by atoms with van der Waals surface area (Å²) >= 11 is 0. The molecule has 9 nitrogen and oxygen atoms in total. The number of rotatable bonds is 6. The van der Waals surface area contributed by atoms with Gasteiger partial charge in [-0.3, -0.25) is 15.1 Å². The van der Waals surface area contributed by atoms with E-state index in [-0.39, 0.29) is 24.3 Å². The van der Waals surface area contributed by atoms with E-state index in [9.17, 15) is 20.3 Å². The van der Waals surface area contributed by atoms with Gasteiger partial charge in [0.05, 0.1) is 16.7 Å². The van der Waals surface area contributed by atoms with Gasteiger partial charge in [0.1, 0.15) is 12.3 Å². The molecule has 2 N–H and O–H groups in total. The average molecular weight is 253 g/mol. The monoisotopic (exact) mass is 253 g/mol. The van der Waals surface area contributed by atoms with E-state index < -0.39 is 17.1 Å². The summed E-state index contributed by atoms with van der Waals surface area (Å²) in [5, 5.41) is 32.9. The van der Waals surface area contributed by atoms with Crippen molar-refractivity contribution in [1.82, 2.24) is 4.98 Å². The molecular weight excluding hydrogens is 242 g/mol. The van der Waals surface area contributed by atoms with Crippen molar-refractivity contribution in [1.29, 1.82) is 0 Å². The van der Waals surface area contributed by atoms with E-state index in [1.807, 2.05) is 0 Å². The molecule has 0 fully saturated rings. The van der Waals surface area contributed by atoms with Gasteiger partial charge in [-0.25, -0.2) is 0 Å². The highest BCUT2D eigenvalue weighted by molar-refractivity contribution is 5.27. The summed E-state index contributed by atoms with van der Waals surface area (Å²) in [5.74, 6) is 0. The van der Waals surface area contributed by atoms with Crippen LogP contribution in [0.15, 0.2) is 23.4 Å². The molecule has 1 aromatic heterocycles. The number of aliphatic hydroxyl groups is 2. The van der Waals surface area contributed by atoms with Gasteiger partial charge in [-0.2, -0.15) is 0 Å². The Balaban J connectivity index is 2.68. The largest absolute Gasteiger partial charge is 0.390 e. The zero-order chi connectivity index (χ0) is 13.5. The third kappa shape index (κ3) is 3.67. The van der Waals surface area contributed by atoms with Crippen LogP contribution in [0.25, 0.3) is 10.4 Å². The van der Waals surface area contributed by atoms with E-state index >= 15 is 0 Å². The van der Waals surface area contributed by atoms with E-state index in [2.05, 4.69) is 15.0 Å². The Labute approximate surface area is 101 Å². The highest BCUT2D eigenvalue weighted by Gasteiger charge is 2.19. The zero-order valence-corrected chi connectivity index (χ0v) is 9.25. The lowest BCUT2D eigenvalue weighted by Gasteiger charge is -2.15. The van der Waals surface area contributed by atoms with Crippen LogP contribution in [0.5, 0.6) is 0 Å². The molecule has 0 amide bonds. The molecule has 2 atom stereocenters. The smallest absolute Gasteiger partial charge is 0.287 e. The number of nitro groups is 1. The third-order valence-corrected chi connectivity index (χ3v) is 2.24. The van der Waals surface area contributed by atoms with Gasteiger partial charge in [0.15, 0.2) is 0 Å². The lowest BCUT2D eigenvalue weighted by Crippen LogP contribution is -2.20. The zero-order valence-electron chi connectivity index (χ0n) is 9.25. The first-order valence-electron chi connectivity index (χ1n) is 5.03.